The Morgan fingerprint density at radius 1 is 1.24 bits per heavy atom. The summed E-state index contributed by atoms with van der Waals surface area (Å²) in [6, 6.07) is 8.13. The molecule has 0 aliphatic rings. The Morgan fingerprint density at radius 2 is 2.05 bits per heavy atom. The zero-order chi connectivity index (χ0) is 15.3. The fraction of sp³-hybridized carbons (Fsp3) is 0.267. The molecule has 1 N–H and O–H groups in total. The number of nitrogens with zero attached hydrogens (tertiary/aromatic N) is 2. The SMILES string of the molecule is OCCC#Cc1cccc(Cn2ccc(C(F)(F)F)n2)c1. The van der Waals surface area contributed by atoms with Gasteiger partial charge in [-0.1, -0.05) is 24.0 Å². The number of halogens is 3. The topological polar surface area (TPSA) is 38.0 Å². The van der Waals surface area contributed by atoms with Gasteiger partial charge < -0.3 is 5.11 Å². The molecule has 0 amide bonds. The van der Waals surface area contributed by atoms with Gasteiger partial charge in [0.2, 0.25) is 0 Å². The lowest BCUT2D eigenvalue weighted by Crippen LogP contribution is -2.08. The molecule has 0 fully saturated rings. The number of hydrogen-bond donors (Lipinski definition) is 1. The number of alkyl halides is 3. The third kappa shape index (κ3) is 4.36. The van der Waals surface area contributed by atoms with Gasteiger partial charge in [0.15, 0.2) is 5.69 Å². The van der Waals surface area contributed by atoms with Crippen LogP contribution in [0.25, 0.3) is 0 Å². The van der Waals surface area contributed by atoms with Crippen molar-refractivity contribution in [2.75, 3.05) is 6.61 Å². The Kier molecular flexibility index (Phi) is 4.66. The molecule has 6 heteroatoms. The molecule has 3 nitrogen and oxygen atoms in total. The molecule has 21 heavy (non-hydrogen) atoms. The average molecular weight is 294 g/mol. The summed E-state index contributed by atoms with van der Waals surface area (Å²) in [7, 11) is 0. The van der Waals surface area contributed by atoms with Crippen LogP contribution < -0.4 is 0 Å². The van der Waals surface area contributed by atoms with Crippen LogP contribution in [0.2, 0.25) is 0 Å². The van der Waals surface area contributed by atoms with Crippen LogP contribution in [0.15, 0.2) is 36.5 Å². The summed E-state index contributed by atoms with van der Waals surface area (Å²) in [5, 5.41) is 12.2. The van der Waals surface area contributed by atoms with Crippen molar-refractivity contribution in [2.45, 2.75) is 19.1 Å². The van der Waals surface area contributed by atoms with Gasteiger partial charge in [0, 0.05) is 18.2 Å². The Morgan fingerprint density at radius 3 is 2.71 bits per heavy atom. The van der Waals surface area contributed by atoms with E-state index in [0.717, 1.165) is 17.2 Å². The highest BCUT2D eigenvalue weighted by Gasteiger charge is 2.33. The number of aliphatic hydroxyl groups is 1. The summed E-state index contributed by atoms with van der Waals surface area (Å²) >= 11 is 0. The van der Waals surface area contributed by atoms with Gasteiger partial charge in [-0.05, 0) is 23.8 Å². The lowest BCUT2D eigenvalue weighted by molar-refractivity contribution is -0.141. The van der Waals surface area contributed by atoms with Gasteiger partial charge in [-0.25, -0.2) is 0 Å². The van der Waals surface area contributed by atoms with Crippen LogP contribution in [0.5, 0.6) is 0 Å². The van der Waals surface area contributed by atoms with E-state index in [2.05, 4.69) is 16.9 Å². The maximum atomic E-state index is 12.5. The van der Waals surface area contributed by atoms with E-state index in [9.17, 15) is 13.2 Å². The Labute approximate surface area is 120 Å². The maximum Gasteiger partial charge on any atom is 0.435 e. The minimum absolute atomic E-state index is 0.000196. The molecular weight excluding hydrogens is 281 g/mol. The largest absolute Gasteiger partial charge is 0.435 e. The van der Waals surface area contributed by atoms with E-state index in [-0.39, 0.29) is 13.2 Å². The van der Waals surface area contributed by atoms with Gasteiger partial charge in [-0.15, -0.1) is 0 Å². The predicted molar refractivity (Wildman–Crippen MR) is 71.4 cm³/mol. The normalized spacial score (nSPS) is 11.0. The summed E-state index contributed by atoms with van der Waals surface area (Å²) in [5.74, 6) is 5.68. The first-order chi connectivity index (χ1) is 9.99. The molecule has 2 aromatic rings. The van der Waals surface area contributed by atoms with Crippen molar-refractivity contribution in [3.8, 4) is 11.8 Å². The van der Waals surface area contributed by atoms with E-state index >= 15 is 0 Å². The highest BCUT2D eigenvalue weighted by atomic mass is 19.4. The zero-order valence-electron chi connectivity index (χ0n) is 11.1. The second-order valence-electron chi connectivity index (χ2n) is 4.37. The number of rotatable bonds is 3. The van der Waals surface area contributed by atoms with Crippen LogP contribution in [0, 0.1) is 11.8 Å². The van der Waals surface area contributed by atoms with Crippen LogP contribution in [-0.2, 0) is 12.7 Å². The molecular formula is C15H13F3N2O. The molecule has 2 rings (SSSR count). The second kappa shape index (κ2) is 6.46. The third-order valence-electron chi connectivity index (χ3n) is 2.67. The zero-order valence-corrected chi connectivity index (χ0v) is 11.1. The molecule has 1 aromatic carbocycles. The first-order valence-corrected chi connectivity index (χ1v) is 6.28. The van der Waals surface area contributed by atoms with Crippen LogP contribution in [0.4, 0.5) is 13.2 Å². The summed E-state index contributed by atoms with van der Waals surface area (Å²) in [5.41, 5.74) is 0.660. The molecule has 0 radical (unpaired) electrons. The van der Waals surface area contributed by atoms with Crippen LogP contribution in [0.1, 0.15) is 23.2 Å². The van der Waals surface area contributed by atoms with E-state index in [1.54, 1.807) is 24.3 Å². The number of benzene rings is 1. The fourth-order valence-electron chi connectivity index (χ4n) is 1.76. The van der Waals surface area contributed by atoms with E-state index in [1.807, 2.05) is 0 Å². The number of aromatic nitrogens is 2. The second-order valence-corrected chi connectivity index (χ2v) is 4.37. The lowest BCUT2D eigenvalue weighted by Gasteiger charge is -2.04. The minimum atomic E-state index is -4.43. The molecule has 110 valence electrons. The Bertz CT molecular complexity index is 665. The Balaban J connectivity index is 2.12. The van der Waals surface area contributed by atoms with Gasteiger partial charge >= 0.3 is 6.18 Å². The highest BCUT2D eigenvalue weighted by Crippen LogP contribution is 2.27. The van der Waals surface area contributed by atoms with Gasteiger partial charge in [0.25, 0.3) is 0 Å². The molecule has 0 spiro atoms. The molecule has 0 saturated heterocycles. The summed E-state index contributed by atoms with van der Waals surface area (Å²) in [6.07, 6.45) is -2.74. The van der Waals surface area contributed by atoms with Gasteiger partial charge in [0.05, 0.1) is 13.2 Å². The predicted octanol–water partition coefficient (Wildman–Crippen LogP) is 2.68. The third-order valence-corrected chi connectivity index (χ3v) is 2.67. The maximum absolute atomic E-state index is 12.5. The van der Waals surface area contributed by atoms with Crippen molar-refractivity contribution in [1.82, 2.24) is 9.78 Å². The monoisotopic (exact) mass is 294 g/mol. The first-order valence-electron chi connectivity index (χ1n) is 6.28. The molecule has 1 heterocycles. The molecule has 0 bridgehead atoms. The van der Waals surface area contributed by atoms with Crippen LogP contribution in [-0.4, -0.2) is 21.5 Å². The van der Waals surface area contributed by atoms with Crippen molar-refractivity contribution in [3.63, 3.8) is 0 Å². The van der Waals surface area contributed by atoms with E-state index in [4.69, 9.17) is 5.11 Å². The van der Waals surface area contributed by atoms with Crippen molar-refractivity contribution in [1.29, 1.82) is 0 Å². The van der Waals surface area contributed by atoms with Crippen molar-refractivity contribution in [3.05, 3.63) is 53.3 Å². The lowest BCUT2D eigenvalue weighted by atomic mass is 10.1. The Hall–Kier alpha value is -2.26. The molecule has 0 unspecified atom stereocenters. The van der Waals surface area contributed by atoms with Crippen molar-refractivity contribution >= 4 is 0 Å². The summed E-state index contributed by atoms with van der Waals surface area (Å²) in [6.45, 7) is 0.242. The minimum Gasteiger partial charge on any atom is -0.395 e. The molecule has 0 atom stereocenters. The average Bonchev–Trinajstić information content (AvgIpc) is 2.88. The van der Waals surface area contributed by atoms with Crippen molar-refractivity contribution < 1.29 is 18.3 Å². The standard InChI is InChI=1S/C15H13F3N2O/c16-15(17,18)14-7-8-20(19-14)11-13-6-3-5-12(10-13)4-1-2-9-21/h3,5-8,10,21H,2,9,11H2. The molecule has 0 aliphatic carbocycles. The fourth-order valence-corrected chi connectivity index (χ4v) is 1.76. The van der Waals surface area contributed by atoms with Crippen molar-refractivity contribution in [2.24, 2.45) is 0 Å². The molecule has 1 aromatic heterocycles. The quantitative estimate of drug-likeness (QED) is 0.884. The smallest absolute Gasteiger partial charge is 0.395 e. The van der Waals surface area contributed by atoms with Gasteiger partial charge in [-0.2, -0.15) is 18.3 Å². The highest BCUT2D eigenvalue weighted by molar-refractivity contribution is 5.37. The molecule has 0 aliphatic heterocycles. The van der Waals surface area contributed by atoms with Gasteiger partial charge in [-0.3, -0.25) is 4.68 Å². The summed E-state index contributed by atoms with van der Waals surface area (Å²) < 4.78 is 38.6. The van der Waals surface area contributed by atoms with Gasteiger partial charge in [0.1, 0.15) is 0 Å². The number of hydrogen-bond acceptors (Lipinski definition) is 2. The molecule has 0 saturated carbocycles. The number of aliphatic hydroxyl groups excluding tert-OH is 1. The summed E-state index contributed by atoms with van der Waals surface area (Å²) in [4.78, 5) is 0. The van der Waals surface area contributed by atoms with E-state index < -0.39 is 11.9 Å². The van der Waals surface area contributed by atoms with Crippen LogP contribution >= 0.6 is 0 Å². The van der Waals surface area contributed by atoms with Crippen LogP contribution in [0.3, 0.4) is 0 Å². The van der Waals surface area contributed by atoms with E-state index in [1.165, 1.54) is 10.9 Å². The van der Waals surface area contributed by atoms with E-state index in [0.29, 0.717) is 6.42 Å². The first kappa shape index (κ1) is 15.1.